The summed E-state index contributed by atoms with van der Waals surface area (Å²) in [5, 5.41) is 0. The molecule has 0 radical (unpaired) electrons. The van der Waals surface area contributed by atoms with Gasteiger partial charge in [0.2, 0.25) is 0 Å². The highest BCUT2D eigenvalue weighted by molar-refractivity contribution is 7.87. The Morgan fingerprint density at radius 1 is 0.971 bits per heavy atom. The van der Waals surface area contributed by atoms with Crippen LogP contribution in [0.25, 0.3) is 0 Å². The van der Waals surface area contributed by atoms with Gasteiger partial charge in [-0.25, -0.2) is 4.39 Å². The highest BCUT2D eigenvalue weighted by atomic mass is 32.2. The lowest BCUT2D eigenvalue weighted by atomic mass is 10.1. The Morgan fingerprint density at radius 2 is 1.63 bits per heavy atom. The second-order valence-corrected chi connectivity index (χ2v) is 9.84. The topological polar surface area (TPSA) is 63.7 Å². The van der Waals surface area contributed by atoms with Crippen molar-refractivity contribution in [2.24, 2.45) is 5.92 Å². The average molecular weight is 510 g/mol. The summed E-state index contributed by atoms with van der Waals surface area (Å²) in [6.07, 6.45) is -4.58. The molecule has 35 heavy (non-hydrogen) atoms. The number of halogens is 4. The molecule has 0 aliphatic heterocycles. The number of alkyl halides is 3. The van der Waals surface area contributed by atoms with E-state index in [0.717, 1.165) is 36.4 Å². The van der Waals surface area contributed by atoms with Gasteiger partial charge in [-0.15, -0.1) is 0 Å². The summed E-state index contributed by atoms with van der Waals surface area (Å²) in [5.41, 5.74) is -0.515. The van der Waals surface area contributed by atoms with E-state index in [4.69, 9.17) is 4.18 Å². The molecular formula is C25H23F4NO4S. The van der Waals surface area contributed by atoms with Crippen LogP contribution in [0.2, 0.25) is 0 Å². The summed E-state index contributed by atoms with van der Waals surface area (Å²) < 4.78 is 82.6. The first-order valence-corrected chi connectivity index (χ1v) is 12.0. The average Bonchev–Trinajstić information content (AvgIpc) is 2.77. The van der Waals surface area contributed by atoms with E-state index in [0.29, 0.717) is 5.56 Å². The number of carbonyl (C=O) groups excluding carboxylic acids is 1. The van der Waals surface area contributed by atoms with Crippen LogP contribution in [-0.4, -0.2) is 25.8 Å². The SMILES string of the molecule is CC(C)CN(Cc1cccc(OS(=O)(=O)c2ccc(F)cc2)c1)C(=O)c1cccc(C(F)(F)F)c1. The summed E-state index contributed by atoms with van der Waals surface area (Å²) in [7, 11) is -4.23. The molecule has 0 N–H and O–H groups in total. The number of nitrogens with zero attached hydrogens (tertiary/aromatic N) is 1. The van der Waals surface area contributed by atoms with Gasteiger partial charge < -0.3 is 9.08 Å². The van der Waals surface area contributed by atoms with Gasteiger partial charge in [0.1, 0.15) is 16.5 Å². The first kappa shape index (κ1) is 26.2. The van der Waals surface area contributed by atoms with Gasteiger partial charge >= 0.3 is 16.3 Å². The van der Waals surface area contributed by atoms with E-state index in [1.165, 1.54) is 35.2 Å². The maximum atomic E-state index is 13.1. The molecular weight excluding hydrogens is 486 g/mol. The van der Waals surface area contributed by atoms with E-state index in [2.05, 4.69) is 0 Å². The van der Waals surface area contributed by atoms with Gasteiger partial charge in [0.25, 0.3) is 5.91 Å². The lowest BCUT2D eigenvalue weighted by molar-refractivity contribution is -0.137. The molecule has 0 unspecified atom stereocenters. The van der Waals surface area contributed by atoms with Crippen LogP contribution < -0.4 is 4.18 Å². The third kappa shape index (κ3) is 7.05. The fourth-order valence-electron chi connectivity index (χ4n) is 3.36. The van der Waals surface area contributed by atoms with E-state index in [9.17, 15) is 30.8 Å². The van der Waals surface area contributed by atoms with Gasteiger partial charge in [-0.05, 0) is 66.1 Å². The molecule has 0 saturated carbocycles. The van der Waals surface area contributed by atoms with Crippen molar-refractivity contribution in [2.75, 3.05) is 6.54 Å². The third-order valence-corrected chi connectivity index (χ3v) is 6.15. The van der Waals surface area contributed by atoms with Gasteiger partial charge in [-0.3, -0.25) is 4.79 Å². The maximum Gasteiger partial charge on any atom is 0.416 e. The van der Waals surface area contributed by atoms with Crippen molar-refractivity contribution in [1.82, 2.24) is 4.90 Å². The van der Waals surface area contributed by atoms with Crippen molar-refractivity contribution in [3.05, 3.63) is 95.3 Å². The van der Waals surface area contributed by atoms with E-state index < -0.39 is 33.6 Å². The van der Waals surface area contributed by atoms with Gasteiger partial charge in [-0.1, -0.05) is 32.0 Å². The Labute approximate surface area is 201 Å². The molecule has 5 nitrogen and oxygen atoms in total. The molecule has 0 aliphatic rings. The molecule has 186 valence electrons. The Balaban J connectivity index is 1.84. The Kier molecular flexibility index (Phi) is 7.84. The number of carbonyl (C=O) groups is 1. The lowest BCUT2D eigenvalue weighted by Crippen LogP contribution is -2.34. The van der Waals surface area contributed by atoms with E-state index in [-0.39, 0.29) is 35.2 Å². The van der Waals surface area contributed by atoms with Crippen LogP contribution in [0.1, 0.15) is 35.3 Å². The number of amides is 1. The normalized spacial score (nSPS) is 12.0. The first-order valence-electron chi connectivity index (χ1n) is 10.6. The lowest BCUT2D eigenvalue weighted by Gasteiger charge is -2.25. The molecule has 0 spiro atoms. The van der Waals surface area contributed by atoms with Crippen molar-refractivity contribution in [3.8, 4) is 5.75 Å². The molecule has 1 amide bonds. The minimum atomic E-state index is -4.58. The molecule has 3 aromatic carbocycles. The summed E-state index contributed by atoms with van der Waals surface area (Å²) in [5.74, 6) is -1.19. The van der Waals surface area contributed by atoms with E-state index >= 15 is 0 Å². The zero-order chi connectivity index (χ0) is 25.8. The van der Waals surface area contributed by atoms with Gasteiger partial charge in [0.05, 0.1) is 5.56 Å². The Bertz CT molecular complexity index is 1290. The molecule has 0 aliphatic carbocycles. The molecule has 0 fully saturated rings. The Morgan fingerprint density at radius 3 is 2.26 bits per heavy atom. The zero-order valence-corrected chi connectivity index (χ0v) is 19.7. The molecule has 0 heterocycles. The van der Waals surface area contributed by atoms with Crippen LogP contribution in [0.3, 0.4) is 0 Å². The predicted molar refractivity (Wildman–Crippen MR) is 122 cm³/mol. The van der Waals surface area contributed by atoms with Gasteiger partial charge in [0.15, 0.2) is 0 Å². The van der Waals surface area contributed by atoms with Gasteiger partial charge in [0, 0.05) is 18.7 Å². The first-order chi connectivity index (χ1) is 16.3. The molecule has 10 heteroatoms. The summed E-state index contributed by atoms with van der Waals surface area (Å²) in [6.45, 7) is 4.00. The van der Waals surface area contributed by atoms with Crippen LogP contribution >= 0.6 is 0 Å². The van der Waals surface area contributed by atoms with Crippen LogP contribution in [0, 0.1) is 11.7 Å². The molecule has 3 aromatic rings. The highest BCUT2D eigenvalue weighted by Crippen LogP contribution is 2.30. The summed E-state index contributed by atoms with van der Waals surface area (Å²) >= 11 is 0. The molecule has 0 bridgehead atoms. The Hall–Kier alpha value is -3.40. The standard InChI is InChI=1S/C25H23F4NO4S/c1-17(2)15-30(24(31)19-6-4-7-20(14-19)25(27,28)29)16-18-5-3-8-22(13-18)34-35(32,33)23-11-9-21(26)10-12-23/h3-14,17H,15-16H2,1-2H3. The predicted octanol–water partition coefficient (Wildman–Crippen LogP) is 5.91. The highest BCUT2D eigenvalue weighted by Gasteiger charge is 2.31. The zero-order valence-electron chi connectivity index (χ0n) is 18.9. The fourth-order valence-corrected chi connectivity index (χ4v) is 4.29. The van der Waals surface area contributed by atoms with Crippen molar-refractivity contribution in [2.45, 2.75) is 31.5 Å². The minimum absolute atomic E-state index is 0.0149. The summed E-state index contributed by atoms with van der Waals surface area (Å²) in [4.78, 5) is 14.3. The van der Waals surface area contributed by atoms with E-state index in [1.54, 1.807) is 6.07 Å². The minimum Gasteiger partial charge on any atom is -0.379 e. The van der Waals surface area contributed by atoms with E-state index in [1.807, 2.05) is 13.8 Å². The third-order valence-electron chi connectivity index (χ3n) is 4.89. The van der Waals surface area contributed by atoms with Crippen molar-refractivity contribution < 1.29 is 35.0 Å². The maximum absolute atomic E-state index is 13.1. The second-order valence-electron chi connectivity index (χ2n) is 8.30. The second kappa shape index (κ2) is 10.5. The van der Waals surface area contributed by atoms with Crippen LogP contribution in [-0.2, 0) is 22.8 Å². The number of hydrogen-bond donors (Lipinski definition) is 0. The van der Waals surface area contributed by atoms with Crippen molar-refractivity contribution in [1.29, 1.82) is 0 Å². The molecule has 0 saturated heterocycles. The van der Waals surface area contributed by atoms with Crippen molar-refractivity contribution >= 4 is 16.0 Å². The van der Waals surface area contributed by atoms with Crippen LogP contribution in [0.4, 0.5) is 17.6 Å². The molecule has 0 atom stereocenters. The number of benzene rings is 3. The summed E-state index contributed by atoms with van der Waals surface area (Å²) in [6, 6.07) is 14.4. The van der Waals surface area contributed by atoms with Crippen molar-refractivity contribution in [3.63, 3.8) is 0 Å². The van der Waals surface area contributed by atoms with Gasteiger partial charge in [-0.2, -0.15) is 21.6 Å². The fraction of sp³-hybridized carbons (Fsp3) is 0.240. The molecule has 0 aromatic heterocycles. The van der Waals surface area contributed by atoms with Crippen LogP contribution in [0.5, 0.6) is 5.75 Å². The van der Waals surface area contributed by atoms with Crippen LogP contribution in [0.15, 0.2) is 77.7 Å². The monoisotopic (exact) mass is 509 g/mol. The number of hydrogen-bond acceptors (Lipinski definition) is 4. The molecule has 3 rings (SSSR count). The smallest absolute Gasteiger partial charge is 0.379 e. The number of rotatable bonds is 8. The largest absolute Gasteiger partial charge is 0.416 e. The quantitative estimate of drug-likeness (QED) is 0.280.